The summed E-state index contributed by atoms with van der Waals surface area (Å²) >= 11 is 11.2. The number of methoxy groups -OCH3 is 1. The lowest BCUT2D eigenvalue weighted by Crippen LogP contribution is -2.13. The quantitative estimate of drug-likeness (QED) is 0.613. The Kier molecular flexibility index (Phi) is 4.22. The standard InChI is InChI=1S/C12H14Cl2O2/c1-6-5-7(2)9(10(15)12(13)14)11(16-4)8(6)3/h5,12H,1-4H3. The van der Waals surface area contributed by atoms with Crippen LogP contribution in [0, 0.1) is 20.8 Å². The highest BCUT2D eigenvalue weighted by Gasteiger charge is 2.23. The Morgan fingerprint density at radius 2 is 1.81 bits per heavy atom. The van der Waals surface area contributed by atoms with E-state index in [9.17, 15) is 4.79 Å². The van der Waals surface area contributed by atoms with E-state index in [2.05, 4.69) is 0 Å². The summed E-state index contributed by atoms with van der Waals surface area (Å²) in [5.74, 6) is 0.245. The molecule has 0 atom stereocenters. The van der Waals surface area contributed by atoms with E-state index < -0.39 is 4.84 Å². The highest BCUT2D eigenvalue weighted by atomic mass is 35.5. The zero-order valence-electron chi connectivity index (χ0n) is 9.73. The van der Waals surface area contributed by atoms with E-state index in [1.54, 1.807) is 0 Å². The van der Waals surface area contributed by atoms with Crippen molar-refractivity contribution < 1.29 is 9.53 Å². The molecule has 2 nitrogen and oxygen atoms in total. The fraction of sp³-hybridized carbons (Fsp3) is 0.417. The summed E-state index contributed by atoms with van der Waals surface area (Å²) in [7, 11) is 1.54. The van der Waals surface area contributed by atoms with Crippen LogP contribution in [0.2, 0.25) is 0 Å². The Bertz CT molecular complexity index is 426. The lowest BCUT2D eigenvalue weighted by molar-refractivity contribution is 0.100. The highest BCUT2D eigenvalue weighted by molar-refractivity contribution is 6.55. The third-order valence-electron chi connectivity index (χ3n) is 2.64. The molecule has 88 valence electrons. The fourth-order valence-corrected chi connectivity index (χ4v) is 1.94. The first-order chi connectivity index (χ1) is 7.40. The zero-order chi connectivity index (χ0) is 12.5. The second-order valence-corrected chi connectivity index (χ2v) is 4.80. The molecule has 0 saturated carbocycles. The van der Waals surface area contributed by atoms with Crippen LogP contribution in [0.25, 0.3) is 0 Å². The molecular weight excluding hydrogens is 247 g/mol. The molecular formula is C12H14Cl2O2. The lowest BCUT2D eigenvalue weighted by atomic mass is 9.97. The summed E-state index contributed by atoms with van der Waals surface area (Å²) in [5, 5.41) is 0. The smallest absolute Gasteiger partial charge is 0.199 e. The van der Waals surface area contributed by atoms with E-state index in [1.165, 1.54) is 7.11 Å². The molecule has 0 saturated heterocycles. The van der Waals surface area contributed by atoms with Crippen molar-refractivity contribution in [2.24, 2.45) is 0 Å². The predicted molar refractivity (Wildman–Crippen MR) is 67.0 cm³/mol. The van der Waals surface area contributed by atoms with Crippen molar-refractivity contribution in [3.8, 4) is 5.75 Å². The number of benzene rings is 1. The maximum absolute atomic E-state index is 11.9. The number of rotatable bonds is 3. The molecule has 0 spiro atoms. The molecule has 0 fully saturated rings. The topological polar surface area (TPSA) is 26.3 Å². The van der Waals surface area contributed by atoms with Gasteiger partial charge < -0.3 is 4.74 Å². The van der Waals surface area contributed by atoms with Crippen LogP contribution in [0.1, 0.15) is 27.0 Å². The minimum atomic E-state index is -1.06. The van der Waals surface area contributed by atoms with Gasteiger partial charge in [-0.25, -0.2) is 0 Å². The fourth-order valence-electron chi connectivity index (χ4n) is 1.72. The number of aryl methyl sites for hydroxylation is 2. The molecule has 0 radical (unpaired) electrons. The van der Waals surface area contributed by atoms with Crippen molar-refractivity contribution in [2.45, 2.75) is 25.6 Å². The van der Waals surface area contributed by atoms with Crippen molar-refractivity contribution in [1.82, 2.24) is 0 Å². The van der Waals surface area contributed by atoms with Gasteiger partial charge in [0.15, 0.2) is 10.6 Å². The van der Waals surface area contributed by atoms with Crippen LogP contribution in [0.4, 0.5) is 0 Å². The average Bonchev–Trinajstić information content (AvgIpc) is 2.21. The molecule has 0 aliphatic heterocycles. The number of ketones is 1. The van der Waals surface area contributed by atoms with E-state index in [0.717, 1.165) is 16.7 Å². The van der Waals surface area contributed by atoms with E-state index in [-0.39, 0.29) is 5.78 Å². The van der Waals surface area contributed by atoms with Gasteiger partial charge in [0.1, 0.15) is 5.75 Å². The molecule has 0 aliphatic rings. The van der Waals surface area contributed by atoms with Crippen LogP contribution in [0.3, 0.4) is 0 Å². The van der Waals surface area contributed by atoms with Gasteiger partial charge in [0.2, 0.25) is 0 Å². The average molecular weight is 261 g/mol. The molecule has 1 rings (SSSR count). The summed E-state index contributed by atoms with van der Waals surface area (Å²) in [4.78, 5) is 10.8. The van der Waals surface area contributed by atoms with Crippen LogP contribution in [0.5, 0.6) is 5.75 Å². The van der Waals surface area contributed by atoms with Crippen LogP contribution < -0.4 is 4.74 Å². The van der Waals surface area contributed by atoms with Crippen LogP contribution in [-0.4, -0.2) is 17.7 Å². The van der Waals surface area contributed by atoms with E-state index in [1.807, 2.05) is 26.8 Å². The van der Waals surface area contributed by atoms with Crippen LogP contribution in [0.15, 0.2) is 6.07 Å². The van der Waals surface area contributed by atoms with Gasteiger partial charge in [-0.3, -0.25) is 4.79 Å². The van der Waals surface area contributed by atoms with Gasteiger partial charge in [-0.15, -0.1) is 0 Å². The molecule has 0 bridgehead atoms. The number of carbonyl (C=O) groups excluding carboxylic acids is 1. The molecule has 1 aromatic carbocycles. The molecule has 0 unspecified atom stereocenters. The van der Waals surface area contributed by atoms with Crippen LogP contribution in [-0.2, 0) is 0 Å². The second-order valence-electron chi connectivity index (χ2n) is 3.71. The number of carbonyl (C=O) groups is 1. The summed E-state index contributed by atoms with van der Waals surface area (Å²) in [6.45, 7) is 5.72. The minimum absolute atomic E-state index is 0.319. The third-order valence-corrected chi connectivity index (χ3v) is 3.03. The Morgan fingerprint density at radius 3 is 2.25 bits per heavy atom. The number of hydrogen-bond donors (Lipinski definition) is 0. The van der Waals surface area contributed by atoms with Crippen LogP contribution >= 0.6 is 23.2 Å². The summed E-state index contributed by atoms with van der Waals surface area (Å²) in [6, 6.07) is 1.93. The molecule has 0 aliphatic carbocycles. The molecule has 16 heavy (non-hydrogen) atoms. The van der Waals surface area contributed by atoms with Gasteiger partial charge in [0.25, 0.3) is 0 Å². The minimum Gasteiger partial charge on any atom is -0.496 e. The van der Waals surface area contributed by atoms with Crippen molar-refractivity contribution >= 4 is 29.0 Å². The molecule has 0 heterocycles. The highest BCUT2D eigenvalue weighted by Crippen LogP contribution is 2.31. The van der Waals surface area contributed by atoms with Crippen molar-refractivity contribution in [3.05, 3.63) is 28.3 Å². The normalized spacial score (nSPS) is 10.7. The summed E-state index contributed by atoms with van der Waals surface area (Å²) < 4.78 is 5.27. The third kappa shape index (κ3) is 2.33. The Hall–Kier alpha value is -0.730. The van der Waals surface area contributed by atoms with Gasteiger partial charge in [0, 0.05) is 0 Å². The van der Waals surface area contributed by atoms with Gasteiger partial charge in [-0.2, -0.15) is 0 Å². The Balaban J connectivity index is 3.49. The number of halogens is 2. The van der Waals surface area contributed by atoms with Gasteiger partial charge >= 0.3 is 0 Å². The largest absolute Gasteiger partial charge is 0.496 e. The number of ether oxygens (including phenoxy) is 1. The second kappa shape index (κ2) is 5.07. The first kappa shape index (κ1) is 13.3. The van der Waals surface area contributed by atoms with Gasteiger partial charge in [-0.1, -0.05) is 29.3 Å². The predicted octanol–water partition coefficient (Wildman–Crippen LogP) is 3.61. The van der Waals surface area contributed by atoms with E-state index in [0.29, 0.717) is 11.3 Å². The number of Topliss-reactive ketones (excluding diaryl/α,β-unsaturated/α-hetero) is 1. The van der Waals surface area contributed by atoms with Gasteiger partial charge in [-0.05, 0) is 37.5 Å². The maximum Gasteiger partial charge on any atom is 0.199 e. The zero-order valence-corrected chi connectivity index (χ0v) is 11.2. The van der Waals surface area contributed by atoms with Crippen molar-refractivity contribution in [3.63, 3.8) is 0 Å². The SMILES string of the molecule is COc1c(C)c(C)cc(C)c1C(=O)C(Cl)Cl. The first-order valence-electron chi connectivity index (χ1n) is 4.87. The number of alkyl halides is 2. The monoisotopic (exact) mass is 260 g/mol. The molecule has 1 aromatic rings. The Labute approximate surface area is 106 Å². The van der Waals surface area contributed by atoms with Crippen molar-refractivity contribution in [1.29, 1.82) is 0 Å². The van der Waals surface area contributed by atoms with Crippen molar-refractivity contribution in [2.75, 3.05) is 7.11 Å². The first-order valence-corrected chi connectivity index (χ1v) is 5.74. The summed E-state index contributed by atoms with van der Waals surface area (Å²) in [6.07, 6.45) is 0. The maximum atomic E-state index is 11.9. The summed E-state index contributed by atoms with van der Waals surface area (Å²) in [5.41, 5.74) is 3.31. The van der Waals surface area contributed by atoms with E-state index in [4.69, 9.17) is 27.9 Å². The molecule has 4 heteroatoms. The lowest BCUT2D eigenvalue weighted by Gasteiger charge is -2.15. The number of hydrogen-bond acceptors (Lipinski definition) is 2. The molecule has 0 amide bonds. The molecule has 0 N–H and O–H groups in total. The van der Waals surface area contributed by atoms with Gasteiger partial charge in [0.05, 0.1) is 12.7 Å². The van der Waals surface area contributed by atoms with E-state index >= 15 is 0 Å². The molecule has 0 aromatic heterocycles. The Morgan fingerprint density at radius 1 is 1.25 bits per heavy atom.